The van der Waals surface area contributed by atoms with Crippen LogP contribution in [0.15, 0.2) is 23.6 Å². The molecule has 1 aliphatic rings. The molecule has 1 fully saturated rings. The summed E-state index contributed by atoms with van der Waals surface area (Å²) in [6.45, 7) is 5.28. The van der Waals surface area contributed by atoms with Crippen LogP contribution in [0.25, 0.3) is 0 Å². The maximum atomic E-state index is 12.7. The highest BCUT2D eigenvalue weighted by atomic mass is 35.5. The van der Waals surface area contributed by atoms with E-state index in [1.165, 1.54) is 0 Å². The Bertz CT molecular complexity index is 863. The summed E-state index contributed by atoms with van der Waals surface area (Å²) in [5.41, 5.74) is 1.72. The van der Waals surface area contributed by atoms with E-state index in [2.05, 4.69) is 22.2 Å². The second kappa shape index (κ2) is 8.54. The largest absolute Gasteiger partial charge is 0.295 e. The highest BCUT2D eigenvalue weighted by molar-refractivity contribution is 7.88. The van der Waals surface area contributed by atoms with Crippen molar-refractivity contribution >= 4 is 44.6 Å². The van der Waals surface area contributed by atoms with Crippen LogP contribution in [0.3, 0.4) is 0 Å². The highest BCUT2D eigenvalue weighted by Gasteiger charge is 2.27. The summed E-state index contributed by atoms with van der Waals surface area (Å²) in [4.78, 5) is 6.83. The Morgan fingerprint density at radius 2 is 1.88 bits per heavy atom. The van der Waals surface area contributed by atoms with Crippen molar-refractivity contribution in [2.75, 3.05) is 26.2 Å². The third-order valence-corrected chi connectivity index (χ3v) is 7.98. The number of aryl methyl sites for hydroxylation is 1. The number of nitrogens with zero attached hydrogens (tertiary/aromatic N) is 3. The summed E-state index contributed by atoms with van der Waals surface area (Å²) >= 11 is 13.6. The molecule has 2 aromatic rings. The van der Waals surface area contributed by atoms with Gasteiger partial charge in [-0.2, -0.15) is 4.31 Å². The number of halogens is 2. The molecule has 0 atom stereocenters. The molecule has 0 bridgehead atoms. The Hall–Kier alpha value is -0.700. The highest BCUT2D eigenvalue weighted by Crippen LogP contribution is 2.24. The normalized spacial score (nSPS) is 16.9. The molecule has 0 saturated carbocycles. The Balaban J connectivity index is 1.56. The number of thiazole rings is 1. The fourth-order valence-electron chi connectivity index (χ4n) is 2.91. The number of piperazine rings is 1. The van der Waals surface area contributed by atoms with Gasteiger partial charge in [0.05, 0.1) is 26.5 Å². The fraction of sp³-hybridized carbons (Fsp3) is 0.471. The average molecular weight is 434 g/mol. The monoisotopic (exact) mass is 433 g/mol. The molecule has 9 heteroatoms. The standard InChI is InChI=1S/C17H21Cl2N3O2S2/c1-2-17-20-14(11-25-17)10-21-5-7-22(8-6-21)26(23,24)12-13-3-4-15(18)16(19)9-13/h3-4,9,11H,2,5-8,10,12H2,1H3. The molecule has 1 aromatic carbocycles. The van der Waals surface area contributed by atoms with E-state index in [0.29, 0.717) is 41.8 Å². The van der Waals surface area contributed by atoms with Crippen molar-refractivity contribution < 1.29 is 8.42 Å². The lowest BCUT2D eigenvalue weighted by Crippen LogP contribution is -2.48. The zero-order valence-electron chi connectivity index (χ0n) is 14.5. The number of aromatic nitrogens is 1. The van der Waals surface area contributed by atoms with E-state index in [4.69, 9.17) is 23.2 Å². The van der Waals surface area contributed by atoms with Crippen LogP contribution in [0.2, 0.25) is 10.0 Å². The smallest absolute Gasteiger partial charge is 0.218 e. The first-order valence-corrected chi connectivity index (χ1v) is 11.7. The maximum absolute atomic E-state index is 12.7. The molecule has 1 saturated heterocycles. The molecule has 0 aliphatic carbocycles. The molecule has 2 heterocycles. The van der Waals surface area contributed by atoms with Gasteiger partial charge >= 0.3 is 0 Å². The van der Waals surface area contributed by atoms with Gasteiger partial charge in [-0.1, -0.05) is 36.2 Å². The van der Waals surface area contributed by atoms with Gasteiger partial charge in [0.25, 0.3) is 0 Å². The van der Waals surface area contributed by atoms with Gasteiger partial charge in [-0.05, 0) is 24.1 Å². The molecule has 1 aromatic heterocycles. The first-order valence-electron chi connectivity index (χ1n) is 8.45. The fourth-order valence-corrected chi connectivity index (χ4v) is 5.47. The molecule has 0 spiro atoms. The first-order chi connectivity index (χ1) is 12.4. The molecule has 3 rings (SSSR count). The maximum Gasteiger partial charge on any atom is 0.218 e. The van der Waals surface area contributed by atoms with Gasteiger partial charge < -0.3 is 0 Å². The van der Waals surface area contributed by atoms with Gasteiger partial charge in [0.1, 0.15) is 0 Å². The van der Waals surface area contributed by atoms with Crippen LogP contribution in [-0.4, -0.2) is 48.8 Å². The third kappa shape index (κ3) is 4.97. The number of rotatable bonds is 6. The molecule has 0 radical (unpaired) electrons. The summed E-state index contributed by atoms with van der Waals surface area (Å²) in [5.74, 6) is -0.0597. The van der Waals surface area contributed by atoms with E-state index in [1.54, 1.807) is 33.8 Å². The van der Waals surface area contributed by atoms with Gasteiger partial charge in [0.2, 0.25) is 10.0 Å². The molecular weight excluding hydrogens is 413 g/mol. The second-order valence-corrected chi connectivity index (χ2v) is 9.99. The van der Waals surface area contributed by atoms with Crippen molar-refractivity contribution in [2.24, 2.45) is 0 Å². The third-order valence-electron chi connectivity index (χ3n) is 4.35. The topological polar surface area (TPSA) is 53.5 Å². The lowest BCUT2D eigenvalue weighted by molar-refractivity contribution is 0.180. The van der Waals surface area contributed by atoms with Crippen molar-refractivity contribution in [3.8, 4) is 0 Å². The predicted molar refractivity (Wildman–Crippen MR) is 107 cm³/mol. The van der Waals surface area contributed by atoms with Crippen LogP contribution in [0, 0.1) is 0 Å². The molecule has 26 heavy (non-hydrogen) atoms. The van der Waals surface area contributed by atoms with Gasteiger partial charge in [-0.15, -0.1) is 11.3 Å². The van der Waals surface area contributed by atoms with Crippen molar-refractivity contribution in [3.05, 3.63) is 49.9 Å². The Kier molecular flexibility index (Phi) is 6.59. The van der Waals surface area contributed by atoms with E-state index in [9.17, 15) is 8.42 Å². The number of sulfonamides is 1. The van der Waals surface area contributed by atoms with E-state index < -0.39 is 10.0 Å². The Morgan fingerprint density at radius 1 is 1.15 bits per heavy atom. The van der Waals surface area contributed by atoms with E-state index in [1.807, 2.05) is 0 Å². The molecule has 142 valence electrons. The molecular formula is C17H21Cl2N3O2S2. The van der Waals surface area contributed by atoms with Gasteiger partial charge in [0, 0.05) is 38.1 Å². The minimum absolute atomic E-state index is 0.0597. The lowest BCUT2D eigenvalue weighted by atomic mass is 10.2. The van der Waals surface area contributed by atoms with Crippen LogP contribution in [0.1, 0.15) is 23.2 Å². The van der Waals surface area contributed by atoms with Crippen LogP contribution in [0.4, 0.5) is 0 Å². The zero-order valence-corrected chi connectivity index (χ0v) is 17.6. The van der Waals surface area contributed by atoms with Crippen molar-refractivity contribution in [1.29, 1.82) is 0 Å². The van der Waals surface area contributed by atoms with Crippen molar-refractivity contribution in [2.45, 2.75) is 25.6 Å². The molecule has 0 amide bonds. The molecule has 0 unspecified atom stereocenters. The number of benzene rings is 1. The second-order valence-electron chi connectivity index (χ2n) is 6.27. The van der Waals surface area contributed by atoms with Crippen LogP contribution < -0.4 is 0 Å². The average Bonchev–Trinajstić information content (AvgIpc) is 3.06. The van der Waals surface area contributed by atoms with E-state index in [0.717, 1.165) is 23.7 Å². The Labute approximate surface area is 168 Å². The molecule has 0 N–H and O–H groups in total. The van der Waals surface area contributed by atoms with Gasteiger partial charge in [-0.25, -0.2) is 13.4 Å². The quantitative estimate of drug-likeness (QED) is 0.697. The van der Waals surface area contributed by atoms with Crippen LogP contribution >= 0.6 is 34.5 Å². The minimum atomic E-state index is -3.37. The van der Waals surface area contributed by atoms with E-state index >= 15 is 0 Å². The lowest BCUT2D eigenvalue weighted by Gasteiger charge is -2.33. The zero-order chi connectivity index (χ0) is 18.7. The first kappa shape index (κ1) is 20.0. The summed E-state index contributed by atoms with van der Waals surface area (Å²) < 4.78 is 26.9. The SMILES string of the molecule is CCc1nc(CN2CCN(S(=O)(=O)Cc3ccc(Cl)c(Cl)c3)CC2)cs1. The van der Waals surface area contributed by atoms with Crippen molar-refractivity contribution in [3.63, 3.8) is 0 Å². The molecule has 5 nitrogen and oxygen atoms in total. The minimum Gasteiger partial charge on any atom is -0.295 e. The number of hydrogen-bond donors (Lipinski definition) is 0. The summed E-state index contributed by atoms with van der Waals surface area (Å²) in [6, 6.07) is 4.95. The van der Waals surface area contributed by atoms with Gasteiger partial charge in [-0.3, -0.25) is 4.90 Å². The van der Waals surface area contributed by atoms with Crippen LogP contribution in [-0.2, 0) is 28.7 Å². The summed E-state index contributed by atoms with van der Waals surface area (Å²) in [5, 5.41) is 4.03. The van der Waals surface area contributed by atoms with Gasteiger partial charge in [0.15, 0.2) is 0 Å². The summed E-state index contributed by atoms with van der Waals surface area (Å²) in [6.07, 6.45) is 0.950. The van der Waals surface area contributed by atoms with Crippen molar-refractivity contribution in [1.82, 2.24) is 14.2 Å². The Morgan fingerprint density at radius 3 is 2.50 bits per heavy atom. The predicted octanol–water partition coefficient (Wildman–Crippen LogP) is 3.66. The van der Waals surface area contributed by atoms with Crippen LogP contribution in [0.5, 0.6) is 0 Å². The van der Waals surface area contributed by atoms with E-state index in [-0.39, 0.29) is 5.75 Å². The summed E-state index contributed by atoms with van der Waals surface area (Å²) in [7, 11) is -3.37. The molecule has 1 aliphatic heterocycles. The number of hydrogen-bond acceptors (Lipinski definition) is 5.